The van der Waals surface area contributed by atoms with Crippen molar-refractivity contribution in [3.63, 3.8) is 0 Å². The van der Waals surface area contributed by atoms with Crippen molar-refractivity contribution in [3.8, 4) is 6.07 Å². The molecule has 0 spiro atoms. The second-order valence-corrected chi connectivity index (χ2v) is 2.71. The van der Waals surface area contributed by atoms with Crippen LogP contribution in [-0.4, -0.2) is 13.1 Å². The summed E-state index contributed by atoms with van der Waals surface area (Å²) in [4.78, 5) is 10.8. The molecule has 15 heavy (non-hydrogen) atoms. The Bertz CT molecular complexity index is 446. The molecule has 1 aromatic rings. The van der Waals surface area contributed by atoms with E-state index in [0.29, 0.717) is 5.56 Å². The molecular weight excluding hydrogens is 197 g/mol. The number of rotatable bonds is 2. The third kappa shape index (κ3) is 2.92. The van der Waals surface area contributed by atoms with Crippen LogP contribution in [0.3, 0.4) is 0 Å². The van der Waals surface area contributed by atoms with Crippen LogP contribution < -0.4 is 0 Å². The number of methoxy groups -OCH3 is 1. The Morgan fingerprint density at radius 2 is 2.33 bits per heavy atom. The van der Waals surface area contributed by atoms with E-state index in [0.717, 1.165) is 0 Å². The predicted octanol–water partition coefficient (Wildman–Crippen LogP) is 1.88. The molecule has 3 nitrogen and oxygen atoms in total. The standard InChI is InChI=1S/C11H8FNO2/c1-15-11(14)5-3-8-2-4-10(12)9(6-8)7-13/h2-6H,1H3/b5-3+. The Morgan fingerprint density at radius 1 is 1.60 bits per heavy atom. The van der Waals surface area contributed by atoms with E-state index < -0.39 is 11.8 Å². The molecular formula is C11H8FNO2. The highest BCUT2D eigenvalue weighted by Crippen LogP contribution is 2.10. The van der Waals surface area contributed by atoms with Crippen LogP contribution in [0.2, 0.25) is 0 Å². The van der Waals surface area contributed by atoms with E-state index in [-0.39, 0.29) is 5.56 Å². The predicted molar refractivity (Wildman–Crippen MR) is 52.2 cm³/mol. The first kappa shape index (κ1) is 10.9. The van der Waals surface area contributed by atoms with E-state index >= 15 is 0 Å². The zero-order valence-corrected chi connectivity index (χ0v) is 8.03. The van der Waals surface area contributed by atoms with Gasteiger partial charge < -0.3 is 4.74 Å². The molecule has 1 rings (SSSR count). The maximum atomic E-state index is 12.9. The number of esters is 1. The molecule has 0 N–H and O–H groups in total. The third-order valence-electron chi connectivity index (χ3n) is 1.72. The molecule has 0 aliphatic heterocycles. The normalized spacial score (nSPS) is 9.93. The van der Waals surface area contributed by atoms with Gasteiger partial charge in [-0.15, -0.1) is 0 Å². The Labute approximate surface area is 86.4 Å². The second kappa shape index (κ2) is 4.91. The van der Waals surface area contributed by atoms with Crippen molar-refractivity contribution in [2.75, 3.05) is 7.11 Å². The number of ether oxygens (including phenoxy) is 1. The van der Waals surface area contributed by atoms with Crippen LogP contribution >= 0.6 is 0 Å². The molecule has 0 aliphatic carbocycles. The SMILES string of the molecule is COC(=O)/C=C/c1ccc(F)c(C#N)c1. The molecule has 1 aromatic carbocycles. The number of halogens is 1. The first-order valence-electron chi connectivity index (χ1n) is 4.13. The van der Waals surface area contributed by atoms with Crippen LogP contribution in [0.5, 0.6) is 0 Å². The summed E-state index contributed by atoms with van der Waals surface area (Å²) in [5.74, 6) is -1.08. The molecule has 0 atom stereocenters. The molecule has 0 aromatic heterocycles. The van der Waals surface area contributed by atoms with Crippen molar-refractivity contribution in [2.24, 2.45) is 0 Å². The number of carbonyl (C=O) groups excluding carboxylic acids is 1. The van der Waals surface area contributed by atoms with Gasteiger partial charge in [-0.2, -0.15) is 5.26 Å². The summed E-state index contributed by atoms with van der Waals surface area (Å²) in [6.07, 6.45) is 2.65. The number of hydrogen-bond acceptors (Lipinski definition) is 3. The van der Waals surface area contributed by atoms with Crippen LogP contribution in [0.4, 0.5) is 4.39 Å². The monoisotopic (exact) mass is 205 g/mol. The molecule has 0 aliphatic rings. The minimum absolute atomic E-state index is 0.0537. The van der Waals surface area contributed by atoms with Crippen LogP contribution in [0.15, 0.2) is 24.3 Å². The van der Waals surface area contributed by atoms with E-state index in [1.165, 1.54) is 37.5 Å². The fraction of sp³-hybridized carbons (Fsp3) is 0.0909. The molecule has 0 amide bonds. The molecule has 0 radical (unpaired) electrons. The van der Waals surface area contributed by atoms with Crippen LogP contribution in [0.1, 0.15) is 11.1 Å². The van der Waals surface area contributed by atoms with Gasteiger partial charge in [0.2, 0.25) is 0 Å². The van der Waals surface area contributed by atoms with Gasteiger partial charge in [0.15, 0.2) is 0 Å². The Balaban J connectivity index is 2.94. The lowest BCUT2D eigenvalue weighted by Gasteiger charge is -1.96. The molecule has 0 saturated heterocycles. The molecule has 0 saturated carbocycles. The van der Waals surface area contributed by atoms with E-state index in [4.69, 9.17) is 5.26 Å². The van der Waals surface area contributed by atoms with Gasteiger partial charge in [0, 0.05) is 6.08 Å². The Kier molecular flexibility index (Phi) is 3.58. The molecule has 76 valence electrons. The van der Waals surface area contributed by atoms with Crippen molar-refractivity contribution in [1.82, 2.24) is 0 Å². The van der Waals surface area contributed by atoms with Crippen LogP contribution in [0, 0.1) is 17.1 Å². The summed E-state index contributed by atoms with van der Waals surface area (Å²) in [6.45, 7) is 0. The summed E-state index contributed by atoms with van der Waals surface area (Å²) >= 11 is 0. The molecule has 0 heterocycles. The molecule has 0 unspecified atom stereocenters. The highest BCUT2D eigenvalue weighted by Gasteiger charge is 2.00. The van der Waals surface area contributed by atoms with Crippen LogP contribution in [-0.2, 0) is 9.53 Å². The summed E-state index contributed by atoms with van der Waals surface area (Å²) in [5, 5.41) is 8.56. The van der Waals surface area contributed by atoms with Gasteiger partial charge in [-0.05, 0) is 23.8 Å². The maximum absolute atomic E-state index is 12.9. The highest BCUT2D eigenvalue weighted by atomic mass is 19.1. The lowest BCUT2D eigenvalue weighted by molar-refractivity contribution is -0.134. The summed E-state index contributed by atoms with van der Waals surface area (Å²) in [6, 6.07) is 5.71. The van der Waals surface area contributed by atoms with Gasteiger partial charge in [-0.25, -0.2) is 9.18 Å². The fourth-order valence-electron chi connectivity index (χ4n) is 0.965. The van der Waals surface area contributed by atoms with E-state index in [9.17, 15) is 9.18 Å². The van der Waals surface area contributed by atoms with Crippen LogP contribution in [0.25, 0.3) is 6.08 Å². The zero-order valence-electron chi connectivity index (χ0n) is 8.03. The average molecular weight is 205 g/mol. The fourth-order valence-corrected chi connectivity index (χ4v) is 0.965. The second-order valence-electron chi connectivity index (χ2n) is 2.71. The summed E-state index contributed by atoms with van der Waals surface area (Å²) < 4.78 is 17.3. The minimum atomic E-state index is -0.576. The van der Waals surface area contributed by atoms with E-state index in [1.54, 1.807) is 6.07 Å². The first-order valence-corrected chi connectivity index (χ1v) is 4.13. The lowest BCUT2D eigenvalue weighted by atomic mass is 10.1. The molecule has 0 fully saturated rings. The number of hydrogen-bond donors (Lipinski definition) is 0. The first-order chi connectivity index (χ1) is 7.17. The lowest BCUT2D eigenvalue weighted by Crippen LogP contribution is -1.93. The van der Waals surface area contributed by atoms with Crippen molar-refractivity contribution in [3.05, 3.63) is 41.2 Å². The van der Waals surface area contributed by atoms with Crippen molar-refractivity contribution in [1.29, 1.82) is 5.26 Å². The number of nitriles is 1. The number of nitrogens with zero attached hydrogens (tertiary/aromatic N) is 1. The Hall–Kier alpha value is -2.15. The number of carbonyl (C=O) groups is 1. The zero-order chi connectivity index (χ0) is 11.3. The topological polar surface area (TPSA) is 50.1 Å². The van der Waals surface area contributed by atoms with Crippen molar-refractivity contribution < 1.29 is 13.9 Å². The molecule has 4 heteroatoms. The van der Waals surface area contributed by atoms with Gasteiger partial charge in [-0.1, -0.05) is 6.07 Å². The smallest absolute Gasteiger partial charge is 0.330 e. The quantitative estimate of drug-likeness (QED) is 0.547. The Morgan fingerprint density at radius 3 is 2.93 bits per heavy atom. The van der Waals surface area contributed by atoms with Crippen molar-refractivity contribution >= 4 is 12.0 Å². The van der Waals surface area contributed by atoms with Crippen molar-refractivity contribution in [2.45, 2.75) is 0 Å². The maximum Gasteiger partial charge on any atom is 0.330 e. The third-order valence-corrected chi connectivity index (χ3v) is 1.72. The summed E-state index contributed by atoms with van der Waals surface area (Å²) in [7, 11) is 1.26. The largest absolute Gasteiger partial charge is 0.466 e. The van der Waals surface area contributed by atoms with Gasteiger partial charge in [0.25, 0.3) is 0 Å². The van der Waals surface area contributed by atoms with E-state index in [2.05, 4.69) is 4.74 Å². The van der Waals surface area contributed by atoms with E-state index in [1.807, 2.05) is 0 Å². The van der Waals surface area contributed by atoms with Gasteiger partial charge in [0.05, 0.1) is 12.7 Å². The molecule has 0 bridgehead atoms. The van der Waals surface area contributed by atoms with Gasteiger partial charge >= 0.3 is 5.97 Å². The highest BCUT2D eigenvalue weighted by molar-refractivity contribution is 5.86. The van der Waals surface area contributed by atoms with Gasteiger partial charge in [-0.3, -0.25) is 0 Å². The average Bonchev–Trinajstić information content (AvgIpc) is 2.27. The van der Waals surface area contributed by atoms with Gasteiger partial charge in [0.1, 0.15) is 11.9 Å². The minimum Gasteiger partial charge on any atom is -0.466 e. The summed E-state index contributed by atoms with van der Waals surface area (Å²) in [5.41, 5.74) is 0.514. The number of benzene rings is 1.